The van der Waals surface area contributed by atoms with E-state index in [1.807, 2.05) is 80.5 Å². The molecule has 49 heavy (non-hydrogen) atoms. The molecule has 0 saturated carbocycles. The van der Waals surface area contributed by atoms with Gasteiger partial charge in [-0.15, -0.1) is 0 Å². The molecule has 0 amide bonds. The van der Waals surface area contributed by atoms with Crippen LogP contribution in [0.15, 0.2) is 118 Å². The number of rotatable bonds is 4. The highest BCUT2D eigenvalue weighted by atomic mass is 79.9. The van der Waals surface area contributed by atoms with E-state index in [2.05, 4.69) is 31.9 Å². The van der Waals surface area contributed by atoms with Crippen LogP contribution in [0.4, 0.5) is 5.69 Å². The van der Waals surface area contributed by atoms with Gasteiger partial charge in [0.05, 0.1) is 16.4 Å². The second kappa shape index (κ2) is 17.6. The Morgan fingerprint density at radius 1 is 0.469 bits per heavy atom. The van der Waals surface area contributed by atoms with Gasteiger partial charge in [-0.1, -0.05) is 184 Å². The Morgan fingerprint density at radius 2 is 0.776 bits per heavy atom. The smallest absolute Gasteiger partial charge is 0.0645 e. The Balaban J connectivity index is 0.000000335. The van der Waals surface area contributed by atoms with E-state index in [1.54, 1.807) is 18.2 Å². The molecule has 0 heterocycles. The number of nitrogen functional groups attached to an aromatic ring is 1. The number of anilines is 1. The first-order valence-corrected chi connectivity index (χ1v) is 18.0. The molecular weight excluding hydrogens is 773 g/mol. The maximum atomic E-state index is 8.55. The van der Waals surface area contributed by atoms with Crippen LogP contribution in [0.5, 0.6) is 0 Å². The first-order valence-electron chi connectivity index (χ1n) is 21.7. The lowest BCUT2D eigenvalue weighted by Crippen LogP contribution is -2.10. The van der Waals surface area contributed by atoms with Crippen molar-refractivity contribution in [1.29, 1.82) is 0 Å². The molecule has 0 spiro atoms. The highest BCUT2D eigenvalue weighted by Crippen LogP contribution is 2.27. The summed E-state index contributed by atoms with van der Waals surface area (Å²) in [5, 5.41) is 1.13. The third kappa shape index (κ3) is 14.3. The fraction of sp³-hybridized carbons (Fsp3) is 0.318. The van der Waals surface area contributed by atoms with Gasteiger partial charge in [0.1, 0.15) is 0 Å². The number of halogens is 4. The van der Waals surface area contributed by atoms with E-state index >= 15 is 0 Å². The van der Waals surface area contributed by atoms with Crippen LogP contribution in [0, 0.1) is 0 Å². The van der Waals surface area contributed by atoms with Crippen molar-refractivity contribution in [3.05, 3.63) is 167 Å². The van der Waals surface area contributed by atoms with Gasteiger partial charge in [-0.05, 0) is 110 Å². The molecule has 1 nitrogen and oxygen atoms in total. The van der Waals surface area contributed by atoms with E-state index in [-0.39, 0.29) is 102 Å². The third-order valence-corrected chi connectivity index (χ3v) is 8.21. The molecule has 0 aromatic heterocycles. The summed E-state index contributed by atoms with van der Waals surface area (Å²) in [5.41, 5.74) is 6.94. The number of nitrogens with two attached hydrogens (primary N) is 1. The van der Waals surface area contributed by atoms with Crippen molar-refractivity contribution in [3.8, 4) is 0 Å². The quantitative estimate of drug-likeness (QED) is 0.179. The molecule has 0 aliphatic rings. The molecule has 0 atom stereocenters. The van der Waals surface area contributed by atoms with Crippen LogP contribution in [-0.2, 0) is 29.1 Å². The van der Waals surface area contributed by atoms with E-state index in [4.69, 9.17) is 45.4 Å². The molecule has 0 bridgehead atoms. The fourth-order valence-corrected chi connectivity index (χ4v) is 6.22. The molecule has 0 fully saturated rings. The van der Waals surface area contributed by atoms with Crippen molar-refractivity contribution < 1.29 is 16.4 Å². The minimum absolute atomic E-state index is 0.0407. The van der Waals surface area contributed by atoms with Gasteiger partial charge in [0, 0.05) is 24.7 Å². The zero-order chi connectivity index (χ0) is 47.0. The maximum absolute atomic E-state index is 8.55. The fourth-order valence-electron chi connectivity index (χ4n) is 4.15. The lowest BCUT2D eigenvalue weighted by atomic mass is 9.86. The van der Waals surface area contributed by atoms with Gasteiger partial charge in [0.15, 0.2) is 0 Å². The Morgan fingerprint density at radius 3 is 1.08 bits per heavy atom. The number of benzene rings is 5. The Kier molecular flexibility index (Phi) is 9.42. The van der Waals surface area contributed by atoms with Crippen LogP contribution in [0.25, 0.3) is 0 Å². The zero-order valence-electron chi connectivity index (χ0n) is 41.5. The maximum Gasteiger partial charge on any atom is 0.0645 e. The summed E-state index contributed by atoms with van der Waals surface area (Å²) >= 11 is 18.7. The Bertz CT molecular complexity index is 2230. The first kappa shape index (κ1) is 26.2. The normalized spacial score (nSPS) is 15.0. The lowest BCUT2D eigenvalue weighted by molar-refractivity contribution is 0.590. The van der Waals surface area contributed by atoms with Crippen molar-refractivity contribution in [2.75, 3.05) is 5.73 Å². The number of hydrogen-bond acceptors (Lipinski definition) is 1. The van der Waals surface area contributed by atoms with E-state index in [0.717, 1.165) is 14.0 Å². The summed E-state index contributed by atoms with van der Waals surface area (Å²) in [5.74, 6) is 0. The van der Waals surface area contributed by atoms with Gasteiger partial charge in [-0.25, -0.2) is 0 Å². The van der Waals surface area contributed by atoms with E-state index in [9.17, 15) is 0 Å². The van der Waals surface area contributed by atoms with Gasteiger partial charge in [0.25, 0.3) is 0 Å². The molecule has 0 unspecified atom stereocenters. The highest BCUT2D eigenvalue weighted by molar-refractivity contribution is 9.11. The third-order valence-electron chi connectivity index (χ3n) is 6.85. The average Bonchev–Trinajstić information content (AvgIpc) is 3.10. The van der Waals surface area contributed by atoms with Crippen LogP contribution in [0.2, 0.25) is 10.0 Å². The average molecular weight is 837 g/mol. The Hall–Kier alpha value is -2.56. The molecule has 5 aromatic carbocycles. The second-order valence-corrected chi connectivity index (χ2v) is 17.4. The van der Waals surface area contributed by atoms with Gasteiger partial charge in [0.2, 0.25) is 0 Å². The largest absolute Gasteiger partial charge is 0.399 e. The van der Waals surface area contributed by atoms with Gasteiger partial charge < -0.3 is 5.73 Å². The van der Waals surface area contributed by atoms with Crippen molar-refractivity contribution >= 4 is 60.7 Å². The molecule has 2 N–H and O–H groups in total. The highest BCUT2D eigenvalue weighted by Gasteiger charge is 2.15. The molecule has 5 rings (SSSR count). The standard InChI is InChI=1S/C28H33Cl.C10H15N.C6H3Br2Cl/c1-27(2,3)24-11-7-20(8-12-24)15-22-17-23(19-26(29)18-22)16-21-9-13-25(14-10-21)28(4,5)6;1-10(2,3)8-4-6-9(11)7-5-8;7-4-1-5(8)3-6(9)2-4/h7-14,17-19H,15-16H2,1-6H3;4-7H,11H2,1-3H3;1-3H/i7D,8D,9D,10D,11D,12D,13D,14D;4D,5D,6D,7D;. The van der Waals surface area contributed by atoms with Crippen LogP contribution in [0.1, 0.15) is 118 Å². The van der Waals surface area contributed by atoms with Crippen LogP contribution in [-0.4, -0.2) is 0 Å². The first-order chi connectivity index (χ1) is 27.7. The summed E-state index contributed by atoms with van der Waals surface area (Å²) < 4.78 is 101. The molecule has 0 aliphatic carbocycles. The minimum atomic E-state index is -0.542. The molecule has 260 valence electrons. The SMILES string of the molecule is Clc1cc(Br)cc(Br)c1.[2H]c1c([2H])c(C(C)(C)C)c([2H])c([2H])c1Cc1cc(Cl)cc(Cc2c([2H])c([2H])c(C(C)(C)C)c([2H])c2[2H])c1.[2H]c1c([2H])c(C(C)(C)C)c([2H])c([2H])c1N. The van der Waals surface area contributed by atoms with Gasteiger partial charge in [-0.3, -0.25) is 0 Å². The van der Waals surface area contributed by atoms with Crippen molar-refractivity contribution in [1.82, 2.24) is 0 Å². The van der Waals surface area contributed by atoms with Gasteiger partial charge >= 0.3 is 0 Å². The molecule has 0 aliphatic heterocycles. The van der Waals surface area contributed by atoms with Crippen molar-refractivity contribution in [3.63, 3.8) is 0 Å². The summed E-state index contributed by atoms with van der Waals surface area (Å²) in [6.07, 6.45) is 0.260. The topological polar surface area (TPSA) is 26.0 Å². The van der Waals surface area contributed by atoms with E-state index < -0.39 is 16.2 Å². The van der Waals surface area contributed by atoms with Crippen LogP contribution in [0.3, 0.4) is 0 Å². The van der Waals surface area contributed by atoms with Crippen LogP contribution < -0.4 is 5.73 Å². The summed E-state index contributed by atoms with van der Waals surface area (Å²) in [6.45, 7) is 16.7. The number of hydrogen-bond donors (Lipinski definition) is 1. The van der Waals surface area contributed by atoms with E-state index in [0.29, 0.717) is 32.8 Å². The Labute approximate surface area is 339 Å². The molecule has 0 radical (unpaired) electrons. The summed E-state index contributed by atoms with van der Waals surface area (Å²) in [6, 6.07) is 9.93. The molecule has 5 heteroatoms. The van der Waals surface area contributed by atoms with E-state index in [1.165, 1.54) is 0 Å². The monoisotopic (exact) mass is 833 g/mol. The predicted octanol–water partition coefficient (Wildman–Crippen LogP) is 14.5. The summed E-state index contributed by atoms with van der Waals surface area (Å²) in [7, 11) is 0. The molecule has 5 aromatic rings. The lowest BCUT2D eigenvalue weighted by Gasteiger charge is -2.19. The van der Waals surface area contributed by atoms with Crippen molar-refractivity contribution in [2.24, 2.45) is 0 Å². The minimum Gasteiger partial charge on any atom is -0.399 e. The predicted molar refractivity (Wildman–Crippen MR) is 224 cm³/mol. The van der Waals surface area contributed by atoms with Crippen molar-refractivity contribution in [2.45, 2.75) is 91.4 Å². The zero-order valence-corrected chi connectivity index (χ0v) is 34.2. The second-order valence-electron chi connectivity index (χ2n) is 14.7. The molecular formula is C44H51Br2Cl2N. The van der Waals surface area contributed by atoms with Gasteiger partial charge in [-0.2, -0.15) is 0 Å². The molecule has 0 saturated heterocycles. The summed E-state index contributed by atoms with van der Waals surface area (Å²) in [4.78, 5) is 0. The van der Waals surface area contributed by atoms with Crippen LogP contribution >= 0.6 is 55.1 Å².